The van der Waals surface area contributed by atoms with Gasteiger partial charge in [0.15, 0.2) is 29.4 Å². The molecule has 0 spiro atoms. The van der Waals surface area contributed by atoms with Crippen LogP contribution in [-0.2, 0) is 24.4 Å². The van der Waals surface area contributed by atoms with E-state index in [2.05, 4.69) is 19.6 Å². The van der Waals surface area contributed by atoms with E-state index in [1.807, 2.05) is 0 Å². The first-order valence-electron chi connectivity index (χ1n) is 13.2. The quantitative estimate of drug-likeness (QED) is 0.107. The Balaban J connectivity index is 1.58. The number of carbonyl (C=O) groups is 1. The van der Waals surface area contributed by atoms with Gasteiger partial charge in [0.25, 0.3) is 0 Å². The van der Waals surface area contributed by atoms with E-state index >= 15 is 4.39 Å². The zero-order valence-electron chi connectivity index (χ0n) is 23.7. The standard InChI is InChI=1S/C31H22F5N3O5S/c1-15-37-28(17-5-7-24-25(10-17)44-31(35,36)43-24)29(42-15)20-8-16(18-9-22(32)21(13-40)26(11-18)45-3)4-6-19(20)23-12-27(38-39(23)2)30(33,34)14-41/h4-12,14,40H,13H2,1-3H3. The Labute approximate surface area is 256 Å². The van der Waals surface area contributed by atoms with Crippen molar-refractivity contribution in [1.82, 2.24) is 14.8 Å². The topological polar surface area (TPSA) is 99.6 Å². The van der Waals surface area contributed by atoms with E-state index < -0.39 is 36.6 Å². The molecule has 3 aromatic carbocycles. The first-order chi connectivity index (χ1) is 21.3. The molecule has 0 atom stereocenters. The van der Waals surface area contributed by atoms with Crippen LogP contribution in [0.3, 0.4) is 0 Å². The molecule has 5 aromatic rings. The Morgan fingerprint density at radius 3 is 2.44 bits per heavy atom. The Morgan fingerprint density at radius 2 is 1.73 bits per heavy atom. The van der Waals surface area contributed by atoms with Crippen LogP contribution in [0.25, 0.3) is 45.0 Å². The lowest BCUT2D eigenvalue weighted by atomic mass is 9.93. The number of hydrogen-bond donors (Lipinski definition) is 1. The third-order valence-corrected chi connectivity index (χ3v) is 7.99. The molecule has 3 heterocycles. The highest BCUT2D eigenvalue weighted by Gasteiger charge is 2.43. The number of nitrogens with zero attached hydrogens (tertiary/aromatic N) is 3. The summed E-state index contributed by atoms with van der Waals surface area (Å²) in [5, 5.41) is 13.5. The third kappa shape index (κ3) is 5.44. The molecule has 1 N–H and O–H groups in total. The molecule has 0 aliphatic carbocycles. The van der Waals surface area contributed by atoms with Gasteiger partial charge in [-0.15, -0.1) is 20.5 Å². The number of aliphatic hydroxyl groups is 1. The highest BCUT2D eigenvalue weighted by atomic mass is 32.2. The number of hydrogen-bond acceptors (Lipinski definition) is 8. The highest BCUT2D eigenvalue weighted by Crippen LogP contribution is 2.46. The first kappa shape index (κ1) is 30.3. The number of aryl methyl sites for hydroxylation is 2. The number of fused-ring (bicyclic) bond motifs is 1. The molecule has 2 aromatic heterocycles. The SMILES string of the molecule is CSc1cc(-c2ccc(-c3cc(C(F)(F)C=O)nn3C)c(-c3oc(C)nc3-c3ccc4c(c3)OC(F)(F)O4)c2)cc(F)c1CO. The molecule has 1 aliphatic rings. The Morgan fingerprint density at radius 1 is 1.00 bits per heavy atom. The molecular weight excluding hydrogens is 621 g/mol. The number of aldehydes is 1. The monoisotopic (exact) mass is 643 g/mol. The number of ether oxygens (including phenoxy) is 2. The molecule has 6 rings (SSSR count). The molecule has 14 heteroatoms. The van der Waals surface area contributed by atoms with E-state index in [4.69, 9.17) is 4.42 Å². The van der Waals surface area contributed by atoms with E-state index in [0.717, 1.165) is 6.07 Å². The minimum atomic E-state index is -3.85. The molecule has 232 valence electrons. The maximum atomic E-state index is 15.0. The van der Waals surface area contributed by atoms with Crippen molar-refractivity contribution in [1.29, 1.82) is 0 Å². The summed E-state index contributed by atoms with van der Waals surface area (Å²) in [5.41, 5.74) is 1.67. The number of rotatable bonds is 8. The average molecular weight is 644 g/mol. The van der Waals surface area contributed by atoms with Crippen molar-refractivity contribution >= 4 is 18.0 Å². The lowest BCUT2D eigenvalue weighted by Crippen LogP contribution is -2.25. The lowest BCUT2D eigenvalue weighted by Gasteiger charge is -2.14. The predicted octanol–water partition coefficient (Wildman–Crippen LogP) is 7.35. The van der Waals surface area contributed by atoms with E-state index in [0.29, 0.717) is 32.7 Å². The summed E-state index contributed by atoms with van der Waals surface area (Å²) >= 11 is 1.25. The zero-order valence-corrected chi connectivity index (χ0v) is 24.5. The van der Waals surface area contributed by atoms with E-state index in [1.54, 1.807) is 37.4 Å². The van der Waals surface area contributed by atoms with Crippen LogP contribution in [0.15, 0.2) is 63.9 Å². The van der Waals surface area contributed by atoms with Gasteiger partial charge in [-0.25, -0.2) is 9.37 Å². The maximum Gasteiger partial charge on any atom is 0.586 e. The number of halogens is 5. The van der Waals surface area contributed by atoms with Crippen molar-refractivity contribution in [3.05, 3.63) is 77.6 Å². The molecule has 0 amide bonds. The van der Waals surface area contributed by atoms with Crippen LogP contribution in [-0.4, -0.2) is 38.7 Å². The fourth-order valence-corrected chi connectivity index (χ4v) is 5.75. The van der Waals surface area contributed by atoms with E-state index in [1.165, 1.54) is 47.8 Å². The summed E-state index contributed by atoms with van der Waals surface area (Å²) in [6.45, 7) is 1.07. The number of aliphatic hydroxyl groups excluding tert-OH is 1. The largest absolute Gasteiger partial charge is 0.586 e. The van der Waals surface area contributed by atoms with Crippen molar-refractivity contribution < 1.29 is 45.7 Å². The van der Waals surface area contributed by atoms with Gasteiger partial charge in [-0.3, -0.25) is 9.48 Å². The number of alkyl halides is 4. The molecule has 0 unspecified atom stereocenters. The van der Waals surface area contributed by atoms with E-state index in [-0.39, 0.29) is 40.1 Å². The Hall–Kier alpha value is -4.69. The lowest BCUT2D eigenvalue weighted by molar-refractivity contribution is -0.286. The van der Waals surface area contributed by atoms with Gasteiger partial charge in [0.2, 0.25) is 0 Å². The van der Waals surface area contributed by atoms with Gasteiger partial charge < -0.3 is 19.0 Å². The van der Waals surface area contributed by atoms with Crippen molar-refractivity contribution in [2.45, 2.75) is 30.6 Å². The van der Waals surface area contributed by atoms with Gasteiger partial charge >= 0.3 is 12.2 Å². The number of benzene rings is 3. The van der Waals surface area contributed by atoms with Crippen LogP contribution in [0.4, 0.5) is 22.0 Å². The second kappa shape index (κ2) is 11.0. The maximum absolute atomic E-state index is 15.0. The van der Waals surface area contributed by atoms with Crippen LogP contribution < -0.4 is 9.47 Å². The number of aromatic nitrogens is 3. The van der Waals surface area contributed by atoms with Gasteiger partial charge in [0.05, 0.1) is 12.3 Å². The van der Waals surface area contributed by atoms with Crippen molar-refractivity contribution in [2.24, 2.45) is 7.05 Å². The van der Waals surface area contributed by atoms with Crippen molar-refractivity contribution in [3.63, 3.8) is 0 Å². The van der Waals surface area contributed by atoms with Crippen LogP contribution in [0.2, 0.25) is 0 Å². The number of oxazole rings is 1. The summed E-state index contributed by atoms with van der Waals surface area (Å²) in [6.07, 6.45) is -2.60. The van der Waals surface area contributed by atoms with Gasteiger partial charge in [0, 0.05) is 41.1 Å². The molecule has 1 aliphatic heterocycles. The van der Waals surface area contributed by atoms with E-state index in [9.17, 15) is 27.5 Å². The minimum Gasteiger partial charge on any atom is -0.440 e. The fourth-order valence-electron chi connectivity index (χ4n) is 5.09. The van der Waals surface area contributed by atoms with Crippen LogP contribution in [0.5, 0.6) is 11.5 Å². The Kier molecular flexibility index (Phi) is 7.44. The molecular formula is C31H22F5N3O5S. The zero-order chi connectivity index (χ0) is 32.3. The number of carbonyl (C=O) groups excluding carboxylic acids is 1. The van der Waals surface area contributed by atoms with Crippen LogP contribution in [0, 0.1) is 12.7 Å². The summed E-state index contributed by atoms with van der Waals surface area (Å²) < 4.78 is 87.5. The van der Waals surface area contributed by atoms with Crippen molar-refractivity contribution in [3.8, 4) is 56.5 Å². The van der Waals surface area contributed by atoms with Gasteiger partial charge in [-0.1, -0.05) is 12.1 Å². The molecule has 45 heavy (non-hydrogen) atoms. The second-order valence-corrected chi connectivity index (χ2v) is 10.9. The first-order valence-corrected chi connectivity index (χ1v) is 14.5. The summed E-state index contributed by atoms with van der Waals surface area (Å²) in [4.78, 5) is 16.1. The summed E-state index contributed by atoms with van der Waals surface area (Å²) in [5.74, 6) is -4.54. The highest BCUT2D eigenvalue weighted by molar-refractivity contribution is 7.98. The average Bonchev–Trinajstić information content (AvgIpc) is 3.68. The molecule has 0 saturated heterocycles. The predicted molar refractivity (Wildman–Crippen MR) is 154 cm³/mol. The van der Waals surface area contributed by atoms with Crippen LogP contribution >= 0.6 is 11.8 Å². The summed E-state index contributed by atoms with van der Waals surface area (Å²) in [7, 11) is 1.43. The van der Waals surface area contributed by atoms with Crippen molar-refractivity contribution in [2.75, 3.05) is 6.26 Å². The van der Waals surface area contributed by atoms with Gasteiger partial charge in [0.1, 0.15) is 17.2 Å². The number of thioether (sulfide) groups is 1. The third-order valence-electron chi connectivity index (χ3n) is 7.18. The van der Waals surface area contributed by atoms with Crippen LogP contribution in [0.1, 0.15) is 17.1 Å². The molecule has 8 nitrogen and oxygen atoms in total. The molecule has 0 saturated carbocycles. The normalized spacial score (nSPS) is 13.8. The second-order valence-electron chi connectivity index (χ2n) is 10.1. The van der Waals surface area contributed by atoms with Gasteiger partial charge in [-0.05, 0) is 59.8 Å². The molecule has 0 fully saturated rings. The molecule has 0 bridgehead atoms. The fraction of sp³-hybridized carbons (Fsp3) is 0.194. The summed E-state index contributed by atoms with van der Waals surface area (Å²) in [6, 6.07) is 13.0. The smallest absolute Gasteiger partial charge is 0.440 e. The minimum absolute atomic E-state index is 0.136. The van der Waals surface area contributed by atoms with Gasteiger partial charge in [-0.2, -0.15) is 13.9 Å². The molecule has 0 radical (unpaired) electrons. The Bertz CT molecular complexity index is 1970.